The van der Waals surface area contributed by atoms with Crippen LogP contribution in [0, 0.1) is 0 Å². The fourth-order valence-electron chi connectivity index (χ4n) is 0.975. The minimum atomic E-state index is -5.63. The summed E-state index contributed by atoms with van der Waals surface area (Å²) < 4.78 is 61.7. The molecule has 0 aliphatic carbocycles. The molecule has 1 rings (SSSR count). The van der Waals surface area contributed by atoms with Crippen molar-refractivity contribution in [3.63, 3.8) is 0 Å². The Morgan fingerprint density at radius 3 is 2.35 bits per heavy atom. The lowest BCUT2D eigenvalue weighted by Crippen LogP contribution is -2.33. The maximum absolute atomic E-state index is 12.8. The fourth-order valence-corrected chi connectivity index (χ4v) is 1.81. The first-order valence-electron chi connectivity index (χ1n) is 4.77. The van der Waals surface area contributed by atoms with Crippen LogP contribution >= 0.6 is 11.3 Å². The Hall–Kier alpha value is -0.830. The van der Waals surface area contributed by atoms with Crippen LogP contribution in [0.4, 0.5) is 22.0 Å². The molecule has 1 heterocycles. The van der Waals surface area contributed by atoms with E-state index in [-0.39, 0.29) is 22.8 Å². The molecule has 0 aromatic carbocycles. The molecule has 0 aliphatic rings. The quantitative estimate of drug-likeness (QED) is 0.662. The van der Waals surface area contributed by atoms with Crippen molar-refractivity contribution in [1.82, 2.24) is 15.5 Å². The Bertz CT molecular complexity index is 362. The van der Waals surface area contributed by atoms with Gasteiger partial charge in [-0.2, -0.15) is 22.0 Å². The lowest BCUT2D eigenvalue weighted by Gasteiger charge is -2.15. The summed E-state index contributed by atoms with van der Waals surface area (Å²) in [6, 6.07) is 0. The number of nitrogens with zero attached hydrogens (tertiary/aromatic N) is 2. The molecule has 0 spiro atoms. The Kier molecular flexibility index (Phi) is 4.36. The summed E-state index contributed by atoms with van der Waals surface area (Å²) in [5.41, 5.74) is 0. The number of alkyl halides is 5. The van der Waals surface area contributed by atoms with Gasteiger partial charge in [-0.15, -0.1) is 10.2 Å². The van der Waals surface area contributed by atoms with Crippen LogP contribution in [0.5, 0.6) is 0 Å². The van der Waals surface area contributed by atoms with Gasteiger partial charge >= 0.3 is 12.1 Å². The van der Waals surface area contributed by atoms with Gasteiger partial charge < -0.3 is 5.32 Å². The highest BCUT2D eigenvalue weighted by Crippen LogP contribution is 2.44. The first-order valence-corrected chi connectivity index (χ1v) is 5.58. The molecule has 0 saturated carbocycles. The maximum atomic E-state index is 12.8. The van der Waals surface area contributed by atoms with Crippen molar-refractivity contribution in [2.75, 3.05) is 13.1 Å². The molecule has 9 heteroatoms. The smallest absolute Gasteiger partial charge is 0.317 e. The molecule has 0 fully saturated rings. The van der Waals surface area contributed by atoms with Crippen LogP contribution in [-0.4, -0.2) is 29.5 Å². The molecule has 0 aliphatic heterocycles. The van der Waals surface area contributed by atoms with Gasteiger partial charge in [0.25, 0.3) is 0 Å². The van der Waals surface area contributed by atoms with Crippen LogP contribution < -0.4 is 5.32 Å². The summed E-state index contributed by atoms with van der Waals surface area (Å²) >= 11 is 0.285. The number of halogens is 5. The first-order chi connectivity index (χ1) is 7.79. The van der Waals surface area contributed by atoms with Crippen LogP contribution in [0.1, 0.15) is 16.9 Å². The standard InChI is InChI=1S/C8H10F5N3S/c1-2-14-4-3-5-15-16-6(17-5)7(9,10)8(11,12)13/h14H,2-4H2,1H3. The molecule has 3 nitrogen and oxygen atoms in total. The van der Waals surface area contributed by atoms with Crippen LogP contribution in [0.2, 0.25) is 0 Å². The largest absolute Gasteiger partial charge is 0.460 e. The van der Waals surface area contributed by atoms with Crippen molar-refractivity contribution >= 4 is 11.3 Å². The van der Waals surface area contributed by atoms with Crippen LogP contribution in [0.3, 0.4) is 0 Å². The van der Waals surface area contributed by atoms with E-state index in [4.69, 9.17) is 0 Å². The number of hydrogen-bond donors (Lipinski definition) is 1. The van der Waals surface area contributed by atoms with Crippen LogP contribution in [-0.2, 0) is 12.3 Å². The molecule has 17 heavy (non-hydrogen) atoms. The number of nitrogens with one attached hydrogen (secondary N) is 1. The van der Waals surface area contributed by atoms with Gasteiger partial charge in [0.05, 0.1) is 0 Å². The average molecular weight is 275 g/mol. The molecular weight excluding hydrogens is 265 g/mol. The van der Waals surface area contributed by atoms with Gasteiger partial charge in [0, 0.05) is 13.0 Å². The predicted molar refractivity (Wildman–Crippen MR) is 52.1 cm³/mol. The highest BCUT2D eigenvalue weighted by Gasteiger charge is 2.61. The van der Waals surface area contributed by atoms with Gasteiger partial charge in [-0.05, 0) is 6.54 Å². The summed E-state index contributed by atoms with van der Waals surface area (Å²) in [4.78, 5) is 0. The molecule has 0 unspecified atom stereocenters. The van der Waals surface area contributed by atoms with Gasteiger partial charge in [-0.3, -0.25) is 0 Å². The van der Waals surface area contributed by atoms with Gasteiger partial charge in [-0.25, -0.2) is 0 Å². The molecule has 1 aromatic heterocycles. The fraction of sp³-hybridized carbons (Fsp3) is 0.750. The van der Waals surface area contributed by atoms with E-state index < -0.39 is 17.1 Å². The Morgan fingerprint density at radius 1 is 1.18 bits per heavy atom. The van der Waals surface area contributed by atoms with Crippen molar-refractivity contribution in [2.45, 2.75) is 25.4 Å². The first kappa shape index (κ1) is 14.2. The zero-order valence-corrected chi connectivity index (χ0v) is 9.63. The molecule has 0 atom stereocenters. The van der Waals surface area contributed by atoms with Crippen molar-refractivity contribution < 1.29 is 22.0 Å². The summed E-state index contributed by atoms with van der Waals surface area (Å²) in [5, 5.41) is 7.97. The van der Waals surface area contributed by atoms with Gasteiger partial charge in [-0.1, -0.05) is 18.3 Å². The third-order valence-electron chi connectivity index (χ3n) is 1.86. The molecule has 1 aromatic rings. The predicted octanol–water partition coefficient (Wildman–Crippen LogP) is 2.34. The SMILES string of the molecule is CCNCCc1nnc(C(F)(F)C(F)(F)F)s1. The number of rotatable bonds is 5. The summed E-state index contributed by atoms with van der Waals surface area (Å²) in [5.74, 6) is -4.93. The van der Waals surface area contributed by atoms with Crippen molar-refractivity contribution in [3.8, 4) is 0 Å². The molecule has 0 bridgehead atoms. The second-order valence-corrected chi connectivity index (χ2v) is 4.24. The summed E-state index contributed by atoms with van der Waals surface area (Å²) in [6.45, 7) is 3.00. The topological polar surface area (TPSA) is 37.8 Å². The van der Waals surface area contributed by atoms with Crippen molar-refractivity contribution in [2.24, 2.45) is 0 Å². The number of aromatic nitrogens is 2. The normalized spacial score (nSPS) is 13.1. The molecule has 1 N–H and O–H groups in total. The maximum Gasteiger partial charge on any atom is 0.460 e. The molecule has 0 radical (unpaired) electrons. The van der Waals surface area contributed by atoms with E-state index in [0.717, 1.165) is 0 Å². The second-order valence-electron chi connectivity index (χ2n) is 3.18. The Morgan fingerprint density at radius 2 is 1.82 bits per heavy atom. The van der Waals surface area contributed by atoms with Crippen molar-refractivity contribution in [3.05, 3.63) is 10.0 Å². The Labute approximate surface area is 98.0 Å². The lowest BCUT2D eigenvalue weighted by molar-refractivity contribution is -0.289. The third-order valence-corrected chi connectivity index (χ3v) is 2.91. The minimum Gasteiger partial charge on any atom is -0.317 e. The zero-order valence-electron chi connectivity index (χ0n) is 8.81. The number of hydrogen-bond acceptors (Lipinski definition) is 4. The molecule has 98 valence electrons. The van der Waals surface area contributed by atoms with E-state index in [1.807, 2.05) is 6.92 Å². The Balaban J connectivity index is 2.74. The third kappa shape index (κ3) is 3.32. The summed E-state index contributed by atoms with van der Waals surface area (Å²) in [7, 11) is 0. The van der Waals surface area contributed by atoms with E-state index in [2.05, 4.69) is 15.5 Å². The lowest BCUT2D eigenvalue weighted by atomic mass is 10.3. The van der Waals surface area contributed by atoms with Gasteiger partial charge in [0.15, 0.2) is 5.01 Å². The van der Waals surface area contributed by atoms with Gasteiger partial charge in [0.2, 0.25) is 0 Å². The highest BCUT2D eigenvalue weighted by atomic mass is 32.1. The van der Waals surface area contributed by atoms with E-state index in [0.29, 0.717) is 13.1 Å². The number of likely N-dealkylation sites (N-methyl/N-ethyl adjacent to an activating group) is 1. The molecule has 0 saturated heterocycles. The van der Waals surface area contributed by atoms with E-state index in [9.17, 15) is 22.0 Å². The van der Waals surface area contributed by atoms with E-state index in [1.54, 1.807) is 0 Å². The van der Waals surface area contributed by atoms with Crippen LogP contribution in [0.25, 0.3) is 0 Å². The zero-order chi connectivity index (χ0) is 13.1. The van der Waals surface area contributed by atoms with Crippen LogP contribution in [0.15, 0.2) is 0 Å². The molecular formula is C8H10F5N3S. The van der Waals surface area contributed by atoms with E-state index in [1.165, 1.54) is 0 Å². The second kappa shape index (κ2) is 5.21. The summed E-state index contributed by atoms with van der Waals surface area (Å²) in [6.07, 6.45) is -5.36. The van der Waals surface area contributed by atoms with E-state index >= 15 is 0 Å². The monoisotopic (exact) mass is 275 g/mol. The van der Waals surface area contributed by atoms with Gasteiger partial charge in [0.1, 0.15) is 5.01 Å². The minimum absolute atomic E-state index is 0.157. The average Bonchev–Trinajstić information content (AvgIpc) is 2.65. The van der Waals surface area contributed by atoms with Crippen molar-refractivity contribution in [1.29, 1.82) is 0 Å². The highest BCUT2D eigenvalue weighted by molar-refractivity contribution is 7.11. The molecule has 0 amide bonds.